The summed E-state index contributed by atoms with van der Waals surface area (Å²) in [7, 11) is -4.26. The van der Waals surface area contributed by atoms with Crippen LogP contribution in [-0.4, -0.2) is 63.4 Å². The fourth-order valence-corrected chi connectivity index (χ4v) is 2.70. The Morgan fingerprint density at radius 2 is 1.65 bits per heavy atom. The molecule has 0 aliphatic heterocycles. The SMILES string of the molecule is CC(O)CN(CC(C)O)c1ncnc(Nc2ccc(S(=O)(=O)O)cc2)n1. The van der Waals surface area contributed by atoms with Gasteiger partial charge in [-0.3, -0.25) is 4.55 Å². The Bertz CT molecular complexity index is 817. The van der Waals surface area contributed by atoms with E-state index in [1.54, 1.807) is 18.7 Å². The quantitative estimate of drug-likeness (QED) is 0.473. The number of aliphatic hydroxyl groups is 2. The molecule has 1 heterocycles. The van der Waals surface area contributed by atoms with Crippen molar-refractivity contribution in [3.63, 3.8) is 0 Å². The van der Waals surface area contributed by atoms with Crippen molar-refractivity contribution in [1.29, 1.82) is 0 Å². The molecule has 0 aliphatic rings. The number of nitrogens with zero attached hydrogens (tertiary/aromatic N) is 4. The minimum Gasteiger partial charge on any atom is -0.392 e. The highest BCUT2D eigenvalue weighted by atomic mass is 32.2. The van der Waals surface area contributed by atoms with E-state index in [0.29, 0.717) is 5.69 Å². The molecular formula is C15H21N5O5S. The molecule has 2 unspecified atom stereocenters. The molecule has 0 saturated heterocycles. The maximum Gasteiger partial charge on any atom is 0.294 e. The minimum absolute atomic E-state index is 0.204. The lowest BCUT2D eigenvalue weighted by atomic mass is 10.3. The van der Waals surface area contributed by atoms with Gasteiger partial charge < -0.3 is 20.4 Å². The molecule has 2 aromatic rings. The van der Waals surface area contributed by atoms with Crippen molar-refractivity contribution < 1.29 is 23.2 Å². The lowest BCUT2D eigenvalue weighted by Crippen LogP contribution is -2.37. The van der Waals surface area contributed by atoms with Crippen molar-refractivity contribution in [1.82, 2.24) is 15.0 Å². The molecule has 4 N–H and O–H groups in total. The molecule has 0 saturated carbocycles. The first kappa shape index (κ1) is 20.0. The molecule has 142 valence electrons. The van der Waals surface area contributed by atoms with E-state index >= 15 is 0 Å². The van der Waals surface area contributed by atoms with Gasteiger partial charge in [-0.1, -0.05) is 0 Å². The second-order valence-corrected chi connectivity index (χ2v) is 7.26. The molecule has 2 atom stereocenters. The van der Waals surface area contributed by atoms with Gasteiger partial charge in [0.15, 0.2) is 0 Å². The average molecular weight is 383 g/mol. The minimum atomic E-state index is -4.26. The van der Waals surface area contributed by atoms with Crippen molar-refractivity contribution >= 4 is 27.7 Å². The van der Waals surface area contributed by atoms with Gasteiger partial charge >= 0.3 is 0 Å². The first-order valence-corrected chi connectivity index (χ1v) is 9.24. The van der Waals surface area contributed by atoms with E-state index in [1.807, 2.05) is 0 Å². The van der Waals surface area contributed by atoms with Gasteiger partial charge in [-0.05, 0) is 38.1 Å². The Balaban J connectivity index is 2.19. The van der Waals surface area contributed by atoms with Crippen LogP contribution in [-0.2, 0) is 10.1 Å². The summed E-state index contributed by atoms with van der Waals surface area (Å²) in [6.07, 6.45) is -0.00121. The third kappa shape index (κ3) is 5.88. The summed E-state index contributed by atoms with van der Waals surface area (Å²) in [6.45, 7) is 3.70. The van der Waals surface area contributed by atoms with Crippen molar-refractivity contribution in [2.75, 3.05) is 23.3 Å². The van der Waals surface area contributed by atoms with E-state index in [9.17, 15) is 18.6 Å². The standard InChI is InChI=1S/C15H21N5O5S/c1-10(21)7-20(8-11(2)22)15-17-9-16-14(19-15)18-12-3-5-13(6-4-12)26(23,24)25/h3-6,9-11,21-22H,7-8H2,1-2H3,(H,23,24,25)(H,16,17,18,19). The van der Waals surface area contributed by atoms with Crippen LogP contribution >= 0.6 is 0 Å². The van der Waals surface area contributed by atoms with Crippen molar-refractivity contribution in [2.45, 2.75) is 31.0 Å². The normalized spacial score (nSPS) is 13.9. The topological polar surface area (TPSA) is 149 Å². The number of hydrogen-bond acceptors (Lipinski definition) is 9. The highest BCUT2D eigenvalue weighted by molar-refractivity contribution is 7.85. The highest BCUT2D eigenvalue weighted by Crippen LogP contribution is 2.18. The Morgan fingerprint density at radius 1 is 1.08 bits per heavy atom. The molecule has 1 aromatic carbocycles. The van der Waals surface area contributed by atoms with Crippen LogP contribution in [0.5, 0.6) is 0 Å². The third-order valence-electron chi connectivity index (χ3n) is 3.22. The maximum atomic E-state index is 11.1. The van der Waals surface area contributed by atoms with Crippen LogP contribution in [0.3, 0.4) is 0 Å². The van der Waals surface area contributed by atoms with E-state index < -0.39 is 22.3 Å². The predicted molar refractivity (Wildman–Crippen MR) is 94.9 cm³/mol. The Hall–Kier alpha value is -2.34. The van der Waals surface area contributed by atoms with E-state index in [2.05, 4.69) is 20.3 Å². The van der Waals surface area contributed by atoms with Crippen LogP contribution in [0.25, 0.3) is 0 Å². The smallest absolute Gasteiger partial charge is 0.294 e. The zero-order chi connectivity index (χ0) is 19.3. The number of hydrogen-bond donors (Lipinski definition) is 4. The fourth-order valence-electron chi connectivity index (χ4n) is 2.22. The van der Waals surface area contributed by atoms with E-state index in [1.165, 1.54) is 30.6 Å². The van der Waals surface area contributed by atoms with Gasteiger partial charge in [0, 0.05) is 18.8 Å². The average Bonchev–Trinajstić information content (AvgIpc) is 2.53. The lowest BCUT2D eigenvalue weighted by molar-refractivity contribution is 0.177. The summed E-state index contributed by atoms with van der Waals surface area (Å²) in [5, 5.41) is 22.1. The maximum absolute atomic E-state index is 11.1. The fraction of sp³-hybridized carbons (Fsp3) is 0.400. The molecule has 1 aromatic heterocycles. The Morgan fingerprint density at radius 3 is 2.15 bits per heavy atom. The van der Waals surface area contributed by atoms with Crippen molar-refractivity contribution in [2.24, 2.45) is 0 Å². The second kappa shape index (κ2) is 8.36. The van der Waals surface area contributed by atoms with Crippen molar-refractivity contribution in [3.05, 3.63) is 30.6 Å². The van der Waals surface area contributed by atoms with Gasteiger partial charge in [0.2, 0.25) is 11.9 Å². The van der Waals surface area contributed by atoms with E-state index in [4.69, 9.17) is 4.55 Å². The first-order valence-electron chi connectivity index (χ1n) is 7.80. The molecule has 0 radical (unpaired) electrons. The second-order valence-electron chi connectivity index (χ2n) is 5.84. The van der Waals surface area contributed by atoms with Crippen LogP contribution in [0.2, 0.25) is 0 Å². The summed E-state index contributed by atoms with van der Waals surface area (Å²) in [5.74, 6) is 0.481. The summed E-state index contributed by atoms with van der Waals surface area (Å²) < 4.78 is 31.1. The summed E-state index contributed by atoms with van der Waals surface area (Å²) in [5.41, 5.74) is 0.507. The predicted octanol–water partition coefficient (Wildman–Crippen LogP) is 0.430. The summed E-state index contributed by atoms with van der Waals surface area (Å²) in [6, 6.07) is 5.39. The number of aromatic nitrogens is 3. The van der Waals surface area contributed by atoms with Crippen LogP contribution in [0.15, 0.2) is 35.5 Å². The first-order chi connectivity index (χ1) is 12.1. The van der Waals surface area contributed by atoms with Gasteiger partial charge in [-0.15, -0.1) is 0 Å². The summed E-state index contributed by atoms with van der Waals surface area (Å²) >= 11 is 0. The van der Waals surface area contributed by atoms with Crippen LogP contribution in [0.4, 0.5) is 17.6 Å². The van der Waals surface area contributed by atoms with Crippen LogP contribution in [0.1, 0.15) is 13.8 Å². The van der Waals surface area contributed by atoms with Gasteiger partial charge in [-0.2, -0.15) is 13.4 Å². The Labute approximate surface area is 151 Å². The van der Waals surface area contributed by atoms with Crippen molar-refractivity contribution in [3.8, 4) is 0 Å². The number of anilines is 3. The monoisotopic (exact) mass is 383 g/mol. The van der Waals surface area contributed by atoms with Gasteiger partial charge in [0.25, 0.3) is 10.1 Å². The molecule has 0 spiro atoms. The van der Waals surface area contributed by atoms with Gasteiger partial charge in [0.1, 0.15) is 6.33 Å². The zero-order valence-electron chi connectivity index (χ0n) is 14.3. The third-order valence-corrected chi connectivity index (χ3v) is 4.09. The number of benzene rings is 1. The van der Waals surface area contributed by atoms with E-state index in [0.717, 1.165) is 0 Å². The van der Waals surface area contributed by atoms with Crippen LogP contribution < -0.4 is 10.2 Å². The highest BCUT2D eigenvalue weighted by Gasteiger charge is 2.16. The lowest BCUT2D eigenvalue weighted by Gasteiger charge is -2.25. The molecule has 10 nitrogen and oxygen atoms in total. The number of nitrogens with one attached hydrogen (secondary N) is 1. The molecule has 0 bridgehead atoms. The number of rotatable bonds is 8. The summed E-state index contributed by atoms with van der Waals surface area (Å²) in [4.78, 5) is 13.7. The Kier molecular flexibility index (Phi) is 6.42. The van der Waals surface area contributed by atoms with E-state index in [-0.39, 0.29) is 29.9 Å². The molecule has 0 amide bonds. The largest absolute Gasteiger partial charge is 0.392 e. The molecule has 11 heteroatoms. The van der Waals surface area contributed by atoms with Crippen LogP contribution in [0, 0.1) is 0 Å². The molecular weight excluding hydrogens is 362 g/mol. The molecule has 0 fully saturated rings. The zero-order valence-corrected chi connectivity index (χ0v) is 15.1. The molecule has 26 heavy (non-hydrogen) atoms. The number of aliphatic hydroxyl groups excluding tert-OH is 2. The molecule has 0 aliphatic carbocycles. The van der Waals surface area contributed by atoms with Gasteiger partial charge in [0.05, 0.1) is 17.1 Å². The van der Waals surface area contributed by atoms with Gasteiger partial charge in [-0.25, -0.2) is 9.97 Å². The molecule has 2 rings (SSSR count).